The van der Waals surface area contributed by atoms with Crippen LogP contribution in [0, 0.1) is 0 Å². The van der Waals surface area contributed by atoms with Gasteiger partial charge < -0.3 is 29.2 Å². The molecule has 3 atom stereocenters. The quantitative estimate of drug-likeness (QED) is 0.231. The molecule has 3 heterocycles. The van der Waals surface area contributed by atoms with Crippen molar-refractivity contribution in [2.75, 3.05) is 26.9 Å². The van der Waals surface area contributed by atoms with Crippen LogP contribution in [0.1, 0.15) is 75.0 Å². The van der Waals surface area contributed by atoms with Crippen LogP contribution in [0.3, 0.4) is 0 Å². The fourth-order valence-electron chi connectivity index (χ4n) is 7.00. The van der Waals surface area contributed by atoms with E-state index in [-0.39, 0.29) is 42.5 Å². The first-order chi connectivity index (χ1) is 22.2. The molecule has 10 nitrogen and oxygen atoms in total. The van der Waals surface area contributed by atoms with Crippen LogP contribution in [-0.2, 0) is 25.5 Å². The molecule has 1 aliphatic carbocycles. The van der Waals surface area contributed by atoms with Crippen molar-refractivity contribution in [3.05, 3.63) is 68.4 Å². The normalized spacial score (nSPS) is 22.8. The number of ether oxygens (including phenoxy) is 4. The number of hydrogen-bond acceptors (Lipinski definition) is 10. The van der Waals surface area contributed by atoms with Gasteiger partial charge in [-0.1, -0.05) is 17.7 Å². The minimum atomic E-state index is -1.19. The maximum absolute atomic E-state index is 13.4. The summed E-state index contributed by atoms with van der Waals surface area (Å²) in [6.07, 6.45) is 4.99. The number of hydrogen-bond donors (Lipinski definition) is 2. The summed E-state index contributed by atoms with van der Waals surface area (Å²) in [5.74, 6) is -0.219. The molecule has 0 radical (unpaired) electrons. The van der Waals surface area contributed by atoms with Crippen molar-refractivity contribution in [1.29, 1.82) is 0 Å². The van der Waals surface area contributed by atoms with Gasteiger partial charge in [0.2, 0.25) is 5.76 Å². The Labute approximate surface area is 267 Å². The van der Waals surface area contributed by atoms with Gasteiger partial charge in [0.25, 0.3) is 0 Å². The molecule has 1 saturated carbocycles. The highest BCUT2D eigenvalue weighted by atomic mass is 16.6. The number of carbonyl (C=O) groups excluding carboxylic acids is 3. The number of rotatable bonds is 10. The Morgan fingerprint density at radius 2 is 2.00 bits per heavy atom. The Balaban J connectivity index is 1.49. The first kappa shape index (κ1) is 31.7. The molecule has 6 rings (SSSR count). The number of nitrogens with zero attached hydrogens (tertiary/aromatic N) is 1. The average molecular weight is 630 g/mol. The molecule has 10 heteroatoms. The van der Waals surface area contributed by atoms with E-state index in [1.807, 2.05) is 24.3 Å². The summed E-state index contributed by atoms with van der Waals surface area (Å²) >= 11 is 0. The van der Waals surface area contributed by atoms with Crippen LogP contribution in [0.5, 0.6) is 17.2 Å². The van der Waals surface area contributed by atoms with E-state index >= 15 is 0 Å². The highest BCUT2D eigenvalue weighted by Gasteiger charge is 2.43. The number of fused-ring (bicyclic) bond motifs is 3. The fraction of sp³-hybridized carbons (Fsp3) is 0.444. The first-order valence-electron chi connectivity index (χ1n) is 15.9. The molecule has 0 saturated heterocycles. The van der Waals surface area contributed by atoms with E-state index in [9.17, 15) is 24.6 Å². The molecule has 0 unspecified atom stereocenters. The topological polar surface area (TPSA) is 141 Å². The molecule has 0 bridgehead atoms. The SMILES string of the molecule is CCOC(=O)C1=C(C=O)/C(=C2\CCC(=O)[C@@H](c3ccc4c(c3)=CCN=4)C2)c2c(cc3c(c2OC)C[C@@H]([C@@](C)(O)CCCCO)O3)O1. The van der Waals surface area contributed by atoms with Crippen LogP contribution >= 0.6 is 0 Å². The number of carbonyl (C=O) groups is 3. The van der Waals surface area contributed by atoms with Crippen LogP contribution in [0.2, 0.25) is 0 Å². The molecule has 3 aliphatic heterocycles. The van der Waals surface area contributed by atoms with E-state index in [1.54, 1.807) is 19.9 Å². The molecular formula is C36H39NO9. The van der Waals surface area contributed by atoms with Gasteiger partial charge in [-0.25, -0.2) is 4.79 Å². The van der Waals surface area contributed by atoms with E-state index in [0.717, 1.165) is 21.7 Å². The summed E-state index contributed by atoms with van der Waals surface area (Å²) in [5, 5.41) is 22.5. The van der Waals surface area contributed by atoms with Gasteiger partial charge in [0.15, 0.2) is 6.29 Å². The third-order valence-electron chi connectivity index (χ3n) is 9.40. The molecule has 0 spiro atoms. The van der Waals surface area contributed by atoms with Crippen molar-refractivity contribution in [2.24, 2.45) is 4.99 Å². The molecule has 0 aromatic heterocycles. The number of esters is 1. The zero-order chi connectivity index (χ0) is 32.6. The molecule has 4 aliphatic rings. The van der Waals surface area contributed by atoms with Crippen molar-refractivity contribution < 1.29 is 43.5 Å². The third kappa shape index (κ3) is 5.64. The standard InChI is InChI=1S/C36H39NO9/c1-4-44-35(41)34-25(19-39)31(22-8-10-27(40)23(16-22)20-7-9-26-21(15-20)11-13-37-26)32-29(46-34)18-28-24(33(32)43-3)17-30(45-28)36(2,42)12-5-6-14-38/h7,9,11,15,18-19,23,30,38,42H,4-6,8,10,12-14,16-17H2,1-3H3/b31-22-/t23-,30+,36+/m1/s1. The number of allylic oxidation sites excluding steroid dienone is 3. The van der Waals surface area contributed by atoms with Crippen LogP contribution in [0.25, 0.3) is 11.6 Å². The van der Waals surface area contributed by atoms with Crippen molar-refractivity contribution in [1.82, 2.24) is 0 Å². The van der Waals surface area contributed by atoms with Crippen molar-refractivity contribution >= 4 is 29.7 Å². The second kappa shape index (κ2) is 12.8. The fourth-order valence-corrected chi connectivity index (χ4v) is 7.00. The summed E-state index contributed by atoms with van der Waals surface area (Å²) in [7, 11) is 1.52. The summed E-state index contributed by atoms with van der Waals surface area (Å²) in [6, 6.07) is 7.55. The predicted molar refractivity (Wildman–Crippen MR) is 168 cm³/mol. The second-order valence-electron chi connectivity index (χ2n) is 12.4. The molecule has 242 valence electrons. The Hall–Kier alpha value is -4.28. The number of methoxy groups -OCH3 is 1. The molecule has 2 N–H and O–H groups in total. The summed E-state index contributed by atoms with van der Waals surface area (Å²) in [5.41, 5.74) is 2.27. The number of Topliss-reactive ketones (excluding diaryl/α,β-unsaturated/α-hetero) is 1. The lowest BCUT2D eigenvalue weighted by Gasteiger charge is -2.31. The molecule has 0 amide bonds. The molecule has 1 fully saturated rings. The zero-order valence-electron chi connectivity index (χ0n) is 26.4. The Morgan fingerprint density at radius 1 is 1.17 bits per heavy atom. The van der Waals surface area contributed by atoms with Crippen molar-refractivity contribution in [2.45, 2.75) is 76.4 Å². The van der Waals surface area contributed by atoms with Crippen molar-refractivity contribution in [3.63, 3.8) is 0 Å². The first-order valence-corrected chi connectivity index (χ1v) is 15.9. The summed E-state index contributed by atoms with van der Waals surface area (Å²) in [6.45, 7) is 4.12. The van der Waals surface area contributed by atoms with Gasteiger partial charge in [0.05, 0.1) is 42.4 Å². The van der Waals surface area contributed by atoms with Crippen LogP contribution in [0.4, 0.5) is 0 Å². The summed E-state index contributed by atoms with van der Waals surface area (Å²) in [4.78, 5) is 43.9. The number of benzene rings is 2. The molecule has 2 aromatic rings. The molecule has 46 heavy (non-hydrogen) atoms. The lowest BCUT2D eigenvalue weighted by atomic mass is 9.75. The number of aliphatic hydroxyl groups excluding tert-OH is 1. The van der Waals surface area contributed by atoms with Crippen LogP contribution in [0.15, 0.2) is 46.2 Å². The van der Waals surface area contributed by atoms with Gasteiger partial charge in [-0.15, -0.1) is 0 Å². The van der Waals surface area contributed by atoms with E-state index in [4.69, 9.17) is 18.9 Å². The highest BCUT2D eigenvalue weighted by molar-refractivity contribution is 6.10. The predicted octanol–water partition coefficient (Wildman–Crippen LogP) is 3.02. The van der Waals surface area contributed by atoms with Gasteiger partial charge >= 0.3 is 5.97 Å². The Bertz CT molecular complexity index is 1780. The van der Waals surface area contributed by atoms with Gasteiger partial charge in [-0.3, -0.25) is 14.6 Å². The molecule has 2 aromatic carbocycles. The lowest BCUT2D eigenvalue weighted by molar-refractivity contribution is -0.141. The van der Waals surface area contributed by atoms with Gasteiger partial charge in [-0.2, -0.15) is 0 Å². The highest BCUT2D eigenvalue weighted by Crippen LogP contribution is 2.54. The van der Waals surface area contributed by atoms with Gasteiger partial charge in [-0.05, 0) is 68.9 Å². The Kier molecular flexibility index (Phi) is 8.85. The number of unbranched alkanes of at least 4 members (excludes halogenated alkanes) is 1. The minimum Gasteiger partial charge on any atom is -0.496 e. The molecular weight excluding hydrogens is 590 g/mol. The lowest BCUT2D eigenvalue weighted by Crippen LogP contribution is -2.42. The third-order valence-corrected chi connectivity index (χ3v) is 9.40. The monoisotopic (exact) mass is 629 g/mol. The maximum atomic E-state index is 13.4. The largest absolute Gasteiger partial charge is 0.496 e. The van der Waals surface area contributed by atoms with E-state index in [2.05, 4.69) is 4.99 Å². The zero-order valence-corrected chi connectivity index (χ0v) is 26.4. The second-order valence-corrected chi connectivity index (χ2v) is 12.4. The number of ketones is 1. The van der Waals surface area contributed by atoms with E-state index in [1.165, 1.54) is 7.11 Å². The Morgan fingerprint density at radius 3 is 2.74 bits per heavy atom. The van der Waals surface area contributed by atoms with Crippen molar-refractivity contribution in [3.8, 4) is 17.2 Å². The smallest absolute Gasteiger partial charge is 0.375 e. The number of aliphatic hydroxyl groups is 2. The average Bonchev–Trinajstić information content (AvgIpc) is 3.70. The van der Waals surface area contributed by atoms with Crippen LogP contribution < -0.4 is 24.8 Å². The van der Waals surface area contributed by atoms with Crippen LogP contribution in [-0.4, -0.2) is 66.8 Å². The summed E-state index contributed by atoms with van der Waals surface area (Å²) < 4.78 is 23.7. The number of aldehydes is 1. The van der Waals surface area contributed by atoms with Gasteiger partial charge in [0, 0.05) is 42.6 Å². The van der Waals surface area contributed by atoms with E-state index in [0.29, 0.717) is 79.6 Å². The maximum Gasteiger partial charge on any atom is 0.375 e. The van der Waals surface area contributed by atoms with Gasteiger partial charge in [0.1, 0.15) is 29.1 Å². The minimum absolute atomic E-state index is 0.0409. The van der Waals surface area contributed by atoms with E-state index < -0.39 is 23.6 Å².